The first-order valence-corrected chi connectivity index (χ1v) is 7.45. The van der Waals surface area contributed by atoms with Crippen LogP contribution in [0, 0.1) is 6.92 Å². The Hall–Kier alpha value is -1.32. The van der Waals surface area contributed by atoms with Gasteiger partial charge >= 0.3 is 112 Å². The van der Waals surface area contributed by atoms with E-state index < -0.39 is 18.0 Å². The van der Waals surface area contributed by atoms with Gasteiger partial charge in [0.15, 0.2) is 0 Å². The number of carbonyl (C=O) groups is 2. The average molecular weight is 315 g/mol. The minimum absolute atomic E-state index is 0.0481. The van der Waals surface area contributed by atoms with Crippen LogP contribution in [-0.4, -0.2) is 31.5 Å². The zero-order valence-corrected chi connectivity index (χ0v) is 12.3. The number of aliphatic carboxylic acids is 1. The number of ether oxygens (including phenoxy) is 1. The monoisotopic (exact) mass is 316 g/mol. The number of hydrogen-bond donors (Lipinski definition) is 1. The Morgan fingerprint density at radius 3 is 2.61 bits per heavy atom. The van der Waals surface area contributed by atoms with Gasteiger partial charge in [0.2, 0.25) is 0 Å². The second-order valence-corrected chi connectivity index (χ2v) is 5.87. The molecule has 0 aliphatic rings. The maximum absolute atomic E-state index is 11.3. The second-order valence-electron chi connectivity index (χ2n) is 3.89. The van der Waals surface area contributed by atoms with E-state index in [1.54, 1.807) is 6.08 Å². The van der Waals surface area contributed by atoms with E-state index in [9.17, 15) is 14.7 Å². The number of hydrogen-bond acceptors (Lipinski definition) is 3. The summed E-state index contributed by atoms with van der Waals surface area (Å²) in [6, 6.07) is 1.90. The van der Waals surface area contributed by atoms with Crippen LogP contribution in [-0.2, 0) is 14.3 Å². The van der Waals surface area contributed by atoms with E-state index in [4.69, 9.17) is 4.74 Å². The standard InChI is InChI=1S/C13H16O4Se/c1-4-5-10(13(15)16)12(17-9(3)14)11-6-8(2)7-18-11/h5-7,12H,4H2,1-3H3,(H,15,16). The Morgan fingerprint density at radius 2 is 2.22 bits per heavy atom. The van der Waals surface area contributed by atoms with Crippen LogP contribution in [0.2, 0.25) is 0 Å². The molecule has 0 fully saturated rings. The zero-order chi connectivity index (χ0) is 13.7. The first-order valence-electron chi connectivity index (χ1n) is 5.61. The van der Waals surface area contributed by atoms with Gasteiger partial charge < -0.3 is 0 Å². The second kappa shape index (κ2) is 6.57. The molecule has 1 atom stereocenters. The molecule has 1 N–H and O–H groups in total. The van der Waals surface area contributed by atoms with Crippen LogP contribution in [0.15, 0.2) is 22.7 Å². The fourth-order valence-electron chi connectivity index (χ4n) is 1.56. The first-order chi connectivity index (χ1) is 8.45. The van der Waals surface area contributed by atoms with Crippen molar-refractivity contribution in [3.63, 3.8) is 0 Å². The van der Waals surface area contributed by atoms with Crippen LogP contribution in [0.1, 0.15) is 36.4 Å². The van der Waals surface area contributed by atoms with Crippen molar-refractivity contribution in [2.75, 3.05) is 0 Å². The molecule has 0 bridgehead atoms. The van der Waals surface area contributed by atoms with Gasteiger partial charge in [-0.25, -0.2) is 0 Å². The molecule has 0 amide bonds. The van der Waals surface area contributed by atoms with E-state index in [1.807, 2.05) is 24.9 Å². The van der Waals surface area contributed by atoms with Crippen LogP contribution < -0.4 is 0 Å². The number of rotatable bonds is 5. The molecular weight excluding hydrogens is 299 g/mol. The van der Waals surface area contributed by atoms with Crippen molar-refractivity contribution in [3.05, 3.63) is 32.7 Å². The van der Waals surface area contributed by atoms with Crippen LogP contribution in [0.5, 0.6) is 0 Å². The van der Waals surface area contributed by atoms with E-state index in [1.165, 1.54) is 6.92 Å². The molecule has 5 heteroatoms. The summed E-state index contributed by atoms with van der Waals surface area (Å²) in [6.45, 7) is 5.09. The van der Waals surface area contributed by atoms with Gasteiger partial charge in [-0.15, -0.1) is 0 Å². The normalized spacial score (nSPS) is 13.2. The molecule has 0 aliphatic heterocycles. The van der Waals surface area contributed by atoms with Crippen molar-refractivity contribution >= 4 is 26.4 Å². The third-order valence-corrected chi connectivity index (χ3v) is 4.54. The number of carboxylic acid groups (broad SMARTS) is 1. The van der Waals surface area contributed by atoms with Gasteiger partial charge in [-0.3, -0.25) is 0 Å². The Bertz CT molecular complexity index is 473. The Balaban J connectivity index is 3.15. The molecule has 0 aliphatic carbocycles. The van der Waals surface area contributed by atoms with Crippen molar-refractivity contribution < 1.29 is 19.4 Å². The quantitative estimate of drug-likeness (QED) is 0.513. The van der Waals surface area contributed by atoms with E-state index in [0.29, 0.717) is 6.42 Å². The molecule has 0 aromatic carbocycles. The average Bonchev–Trinajstić information content (AvgIpc) is 2.69. The van der Waals surface area contributed by atoms with Crippen molar-refractivity contribution in [1.82, 2.24) is 0 Å². The Kier molecular flexibility index (Phi) is 5.38. The van der Waals surface area contributed by atoms with Gasteiger partial charge in [0, 0.05) is 0 Å². The molecule has 0 saturated heterocycles. The summed E-state index contributed by atoms with van der Waals surface area (Å²) >= 11 is 0.0481. The molecule has 0 saturated carbocycles. The molecule has 1 rings (SSSR count). The van der Waals surface area contributed by atoms with E-state index in [0.717, 1.165) is 10.0 Å². The summed E-state index contributed by atoms with van der Waals surface area (Å²) in [6.07, 6.45) is 1.43. The Labute approximate surface area is 112 Å². The maximum atomic E-state index is 11.3. The van der Waals surface area contributed by atoms with Crippen LogP contribution >= 0.6 is 0 Å². The fourth-order valence-corrected chi connectivity index (χ4v) is 3.54. The Morgan fingerprint density at radius 1 is 1.56 bits per heavy atom. The number of carbonyl (C=O) groups excluding carboxylic acids is 1. The van der Waals surface area contributed by atoms with Gasteiger partial charge in [0.1, 0.15) is 0 Å². The van der Waals surface area contributed by atoms with Crippen LogP contribution in [0.4, 0.5) is 0 Å². The summed E-state index contributed by atoms with van der Waals surface area (Å²) in [7, 11) is 0. The molecule has 18 heavy (non-hydrogen) atoms. The van der Waals surface area contributed by atoms with Gasteiger partial charge in [0.25, 0.3) is 0 Å². The molecule has 1 aromatic heterocycles. The van der Waals surface area contributed by atoms with Crippen LogP contribution in [0.3, 0.4) is 0 Å². The molecule has 1 unspecified atom stereocenters. The first kappa shape index (κ1) is 14.7. The van der Waals surface area contributed by atoms with Crippen molar-refractivity contribution in [3.8, 4) is 0 Å². The fraction of sp³-hybridized carbons (Fsp3) is 0.385. The van der Waals surface area contributed by atoms with Gasteiger partial charge in [0.05, 0.1) is 0 Å². The minimum atomic E-state index is -1.04. The van der Waals surface area contributed by atoms with Crippen molar-refractivity contribution in [2.45, 2.75) is 33.3 Å². The predicted octanol–water partition coefficient (Wildman–Crippen LogP) is 2.08. The molecule has 0 radical (unpaired) electrons. The van der Waals surface area contributed by atoms with Gasteiger partial charge in [-0.2, -0.15) is 0 Å². The van der Waals surface area contributed by atoms with Crippen molar-refractivity contribution in [2.24, 2.45) is 0 Å². The number of aryl methyl sites for hydroxylation is 1. The molecule has 1 aromatic rings. The summed E-state index contributed by atoms with van der Waals surface area (Å²) in [5.41, 5.74) is 1.23. The van der Waals surface area contributed by atoms with Crippen LogP contribution in [0.25, 0.3) is 0 Å². The summed E-state index contributed by atoms with van der Waals surface area (Å²) in [4.78, 5) is 24.4. The topological polar surface area (TPSA) is 63.6 Å². The van der Waals surface area contributed by atoms with Gasteiger partial charge in [-0.05, 0) is 0 Å². The third-order valence-electron chi connectivity index (χ3n) is 2.25. The van der Waals surface area contributed by atoms with Crippen molar-refractivity contribution in [1.29, 1.82) is 0 Å². The third kappa shape index (κ3) is 3.86. The summed E-state index contributed by atoms with van der Waals surface area (Å²) in [5, 5.41) is 9.22. The number of carboxylic acids is 1. The van der Waals surface area contributed by atoms with E-state index >= 15 is 0 Å². The number of esters is 1. The molecule has 1 heterocycles. The summed E-state index contributed by atoms with van der Waals surface area (Å²) in [5.74, 6) is -1.51. The van der Waals surface area contributed by atoms with E-state index in [2.05, 4.69) is 0 Å². The molecule has 4 nitrogen and oxygen atoms in total. The molecular formula is C13H16O4Se. The molecule has 98 valence electrons. The van der Waals surface area contributed by atoms with Gasteiger partial charge in [-0.1, -0.05) is 0 Å². The number of allylic oxidation sites excluding steroid dienone is 1. The summed E-state index contributed by atoms with van der Waals surface area (Å²) < 4.78 is 6.06. The zero-order valence-electron chi connectivity index (χ0n) is 10.6. The SMILES string of the molecule is CCC=C(C(=O)O)C(OC(C)=O)c1cc(C)c[se]1. The predicted molar refractivity (Wildman–Crippen MR) is 68.6 cm³/mol. The van der Waals surface area contributed by atoms with E-state index in [-0.39, 0.29) is 20.1 Å². The molecule has 0 spiro atoms.